The van der Waals surface area contributed by atoms with E-state index in [-0.39, 0.29) is 48.8 Å². The van der Waals surface area contributed by atoms with E-state index >= 15 is 0 Å². The Morgan fingerprint density at radius 2 is 1.80 bits per heavy atom. The third kappa shape index (κ3) is 8.06. The molecule has 4 saturated heterocycles. The minimum atomic E-state index is -1.80. The molecule has 300 valence electrons. The third-order valence-corrected chi connectivity index (χ3v) is 13.4. The Hall–Kier alpha value is -2.38. The van der Waals surface area contributed by atoms with Gasteiger partial charge in [-0.25, -0.2) is 0 Å². The number of carbonyl (C=O) groups is 1. The van der Waals surface area contributed by atoms with Crippen LogP contribution in [0.1, 0.15) is 112 Å². The van der Waals surface area contributed by atoms with Gasteiger partial charge in [0.2, 0.25) is 0 Å². The van der Waals surface area contributed by atoms with Crippen molar-refractivity contribution in [3.8, 4) is 0 Å². The Morgan fingerprint density at radius 3 is 2.56 bits per heavy atom. The monoisotopic (exact) mass is 753 g/mol. The van der Waals surface area contributed by atoms with Crippen molar-refractivity contribution >= 4 is 11.7 Å². The van der Waals surface area contributed by atoms with Crippen LogP contribution in [0, 0.1) is 23.7 Å². The fraction of sp³-hybridized carbons (Fsp3) is 0.767. The van der Waals surface area contributed by atoms with Crippen LogP contribution < -0.4 is 0 Å². The maximum absolute atomic E-state index is 14.4. The number of hydrogen-bond donors (Lipinski definition) is 2. The number of nitrogens with zero attached hydrogens (tertiary/aromatic N) is 1. The van der Waals surface area contributed by atoms with Gasteiger partial charge in [-0.05, 0) is 81.4 Å². The highest BCUT2D eigenvalue weighted by atomic mass is 16.7. The summed E-state index contributed by atoms with van der Waals surface area (Å²) in [7, 11) is 1.74. The Labute approximate surface area is 321 Å². The largest absolute Gasteiger partial charge is 0.462 e. The van der Waals surface area contributed by atoms with Crippen LogP contribution in [0.2, 0.25) is 0 Å². The van der Waals surface area contributed by atoms with Crippen molar-refractivity contribution in [2.45, 2.75) is 172 Å². The van der Waals surface area contributed by atoms with E-state index in [1.807, 2.05) is 18.2 Å². The van der Waals surface area contributed by atoms with Crippen molar-refractivity contribution < 1.29 is 48.3 Å². The average Bonchev–Trinajstić information content (AvgIpc) is 3.49. The van der Waals surface area contributed by atoms with Crippen molar-refractivity contribution in [3.05, 3.63) is 47.1 Å². The number of fused-ring (bicyclic) bond motifs is 2. The Balaban J connectivity index is 1.25. The molecule has 5 fully saturated rings. The number of oxime groups is 1. The molecule has 0 amide bonds. The van der Waals surface area contributed by atoms with E-state index in [9.17, 15) is 15.1 Å². The van der Waals surface area contributed by atoms with Gasteiger partial charge in [0.25, 0.3) is 0 Å². The first-order valence-electron chi connectivity index (χ1n) is 20.6. The highest BCUT2D eigenvalue weighted by Gasteiger charge is 2.60. The van der Waals surface area contributed by atoms with Crippen LogP contribution in [0.4, 0.5) is 0 Å². The number of carbonyl (C=O) groups excluding carboxylic acids is 1. The highest BCUT2D eigenvalue weighted by molar-refractivity contribution is 6.06. The first kappa shape index (κ1) is 39.8. The number of esters is 1. The van der Waals surface area contributed by atoms with Crippen molar-refractivity contribution in [1.29, 1.82) is 0 Å². The molecule has 1 spiro atoms. The standard InChI is InChI=1S/C43H63NO10/c1-25-11-10-14-31-24-49-40-37(44-47)28(4)19-35(43(31,40)46)41(45)51-34-21-32(16-15-26(2)38(25)52-36-22-33(48-6)20-29(5)50-36)53-42(23-34)18-17-27(3)39(54-42)30-12-8-7-9-13-30/h10-11,14-15,19,25,27,29-30,32-36,38-40,46-47H,7-9,12-13,16-18,20-24H2,1-6H3/b11-10+,26-15+,31-14+,44-37+/t25-,27-,29-,32+,33+,34-,35-,36-,38-,39-,40+,42+,43+/m0/s1. The van der Waals surface area contributed by atoms with Gasteiger partial charge in [0.05, 0.1) is 37.1 Å². The summed E-state index contributed by atoms with van der Waals surface area (Å²) < 4.78 is 45.5. The minimum absolute atomic E-state index is 0.00594. The molecule has 11 nitrogen and oxygen atoms in total. The van der Waals surface area contributed by atoms with Crippen LogP contribution in [-0.4, -0.2) is 96.1 Å². The second-order valence-electron chi connectivity index (χ2n) is 17.4. The van der Waals surface area contributed by atoms with Crippen molar-refractivity contribution in [1.82, 2.24) is 0 Å². The predicted octanol–water partition coefficient (Wildman–Crippen LogP) is 7.10. The molecule has 0 radical (unpaired) electrons. The quantitative estimate of drug-likeness (QED) is 0.133. The molecule has 0 aromatic rings. The summed E-state index contributed by atoms with van der Waals surface area (Å²) in [6.07, 6.45) is 18.0. The van der Waals surface area contributed by atoms with Gasteiger partial charge in [0, 0.05) is 38.7 Å². The molecule has 0 unspecified atom stereocenters. The van der Waals surface area contributed by atoms with E-state index in [0.717, 1.165) is 24.8 Å². The zero-order chi connectivity index (χ0) is 38.2. The summed E-state index contributed by atoms with van der Waals surface area (Å²) in [5.41, 5.74) is 0.517. The second kappa shape index (κ2) is 16.6. The number of allylic oxidation sites excluding steroid dienone is 2. The van der Waals surface area contributed by atoms with Gasteiger partial charge < -0.3 is 43.5 Å². The van der Waals surface area contributed by atoms with E-state index < -0.39 is 41.8 Å². The molecular weight excluding hydrogens is 690 g/mol. The first-order valence-corrected chi connectivity index (χ1v) is 20.6. The van der Waals surface area contributed by atoms with Crippen molar-refractivity contribution in [3.63, 3.8) is 0 Å². The number of ether oxygens (including phenoxy) is 7. The lowest BCUT2D eigenvalue weighted by Gasteiger charge is -2.51. The first-order chi connectivity index (χ1) is 25.9. The van der Waals surface area contributed by atoms with E-state index in [1.54, 1.807) is 20.1 Å². The van der Waals surface area contributed by atoms with Gasteiger partial charge in [0.1, 0.15) is 29.4 Å². The Bertz CT molecular complexity index is 1510. The molecule has 1 saturated carbocycles. The molecule has 0 aromatic carbocycles. The van der Waals surface area contributed by atoms with Crippen LogP contribution in [0.15, 0.2) is 52.3 Å². The predicted molar refractivity (Wildman–Crippen MR) is 202 cm³/mol. The maximum Gasteiger partial charge on any atom is 0.316 e. The Kier molecular flexibility index (Phi) is 12.3. The van der Waals surface area contributed by atoms with E-state index in [1.165, 1.54) is 32.1 Å². The van der Waals surface area contributed by atoms with Crippen molar-refractivity contribution in [2.75, 3.05) is 13.7 Å². The topological polar surface area (TPSA) is 135 Å². The van der Waals surface area contributed by atoms with E-state index in [0.29, 0.717) is 48.7 Å². The highest BCUT2D eigenvalue weighted by Crippen LogP contribution is 2.48. The fourth-order valence-corrected chi connectivity index (χ4v) is 10.4. The van der Waals surface area contributed by atoms with E-state index in [2.05, 4.69) is 38.9 Å². The van der Waals surface area contributed by atoms with Crippen LogP contribution >= 0.6 is 0 Å². The van der Waals surface area contributed by atoms with Crippen LogP contribution in [0.25, 0.3) is 0 Å². The fourth-order valence-electron chi connectivity index (χ4n) is 10.4. The van der Waals surface area contributed by atoms with E-state index in [4.69, 9.17) is 33.2 Å². The molecule has 13 atom stereocenters. The smallest absolute Gasteiger partial charge is 0.316 e. The molecule has 0 aromatic heterocycles. The molecule has 2 bridgehead atoms. The van der Waals surface area contributed by atoms with Gasteiger partial charge in [-0.15, -0.1) is 0 Å². The molecule has 5 heterocycles. The normalized spacial score (nSPS) is 47.2. The number of methoxy groups -OCH3 is 1. The molecule has 7 aliphatic rings. The average molecular weight is 754 g/mol. The summed E-state index contributed by atoms with van der Waals surface area (Å²) in [5, 5.41) is 26.0. The van der Waals surface area contributed by atoms with Crippen LogP contribution in [0.5, 0.6) is 0 Å². The van der Waals surface area contributed by atoms with Gasteiger partial charge in [-0.2, -0.15) is 0 Å². The Morgan fingerprint density at radius 1 is 1.00 bits per heavy atom. The molecule has 7 rings (SSSR count). The summed E-state index contributed by atoms with van der Waals surface area (Å²) in [6.45, 7) is 10.4. The molecule has 2 N–H and O–H groups in total. The van der Waals surface area contributed by atoms with Gasteiger partial charge in [0.15, 0.2) is 12.1 Å². The molecular formula is C43H63NO10. The SMILES string of the molecule is CO[C@H]1C[C@H](O[C@@H]2/C(C)=C/C[C@@H]3C[C@@H](C[C@]4(CC[C@H](C)[C@@H](C5CCCCC5)O4)O3)OC(=O)[C@@H]3C=C(C)/C(=N\O)[C@H]4OC/C(=C\C=C\[C@@H]2C)[C@]43O)O[C@@H](C)C1. The molecule has 2 aliphatic carbocycles. The van der Waals surface area contributed by atoms with Gasteiger partial charge >= 0.3 is 5.97 Å². The molecule has 54 heavy (non-hydrogen) atoms. The molecule has 5 aliphatic heterocycles. The summed E-state index contributed by atoms with van der Waals surface area (Å²) >= 11 is 0. The van der Waals surface area contributed by atoms with Gasteiger partial charge in [-0.3, -0.25) is 4.79 Å². The summed E-state index contributed by atoms with van der Waals surface area (Å²) in [5.74, 6) is -1.66. The van der Waals surface area contributed by atoms with Crippen LogP contribution in [-0.2, 0) is 38.0 Å². The lowest BCUT2D eigenvalue weighted by atomic mass is 9.71. The zero-order valence-corrected chi connectivity index (χ0v) is 33.1. The second-order valence-corrected chi connectivity index (χ2v) is 17.4. The zero-order valence-electron chi connectivity index (χ0n) is 33.1. The maximum atomic E-state index is 14.4. The minimum Gasteiger partial charge on any atom is -0.462 e. The summed E-state index contributed by atoms with van der Waals surface area (Å²) in [6, 6.07) is 0. The molecule has 11 heteroatoms. The van der Waals surface area contributed by atoms with Crippen LogP contribution in [0.3, 0.4) is 0 Å². The summed E-state index contributed by atoms with van der Waals surface area (Å²) in [4.78, 5) is 14.4. The van der Waals surface area contributed by atoms with Gasteiger partial charge in [-0.1, -0.05) is 68.6 Å². The lowest BCUT2D eigenvalue weighted by molar-refractivity contribution is -0.342. The number of aliphatic hydroxyl groups is 1. The lowest BCUT2D eigenvalue weighted by Crippen LogP contribution is -2.57. The number of rotatable bonds is 4. The third-order valence-electron chi connectivity index (χ3n) is 13.4. The number of hydrogen-bond acceptors (Lipinski definition) is 11. The van der Waals surface area contributed by atoms with Crippen molar-refractivity contribution in [2.24, 2.45) is 28.8 Å².